The minimum Gasteiger partial charge on any atom is -0.310 e. The minimum atomic E-state index is 0.477. The molecular formula is C19H25N. The smallest absolute Gasteiger partial charge is 0.0322 e. The molecule has 0 saturated carbocycles. The predicted octanol–water partition coefficient (Wildman–Crippen LogP) is 4.67. The van der Waals surface area contributed by atoms with Gasteiger partial charge in [0.2, 0.25) is 0 Å². The topological polar surface area (TPSA) is 12.0 Å². The van der Waals surface area contributed by atoms with E-state index < -0.39 is 0 Å². The van der Waals surface area contributed by atoms with E-state index in [9.17, 15) is 0 Å². The zero-order chi connectivity index (χ0) is 14.2. The van der Waals surface area contributed by atoms with Crippen LogP contribution in [0.3, 0.4) is 0 Å². The fraction of sp³-hybridized carbons (Fsp3) is 0.368. The molecule has 1 unspecified atom stereocenters. The van der Waals surface area contributed by atoms with Crippen LogP contribution in [-0.4, -0.2) is 6.54 Å². The average molecular weight is 267 g/mol. The van der Waals surface area contributed by atoms with Gasteiger partial charge in [-0.2, -0.15) is 0 Å². The molecule has 0 bridgehead atoms. The van der Waals surface area contributed by atoms with Gasteiger partial charge in [-0.15, -0.1) is 0 Å². The van der Waals surface area contributed by atoms with Crippen molar-refractivity contribution in [1.29, 1.82) is 0 Å². The Morgan fingerprint density at radius 2 is 1.65 bits per heavy atom. The molecule has 1 heteroatoms. The summed E-state index contributed by atoms with van der Waals surface area (Å²) < 4.78 is 0. The molecule has 2 aromatic rings. The Bertz CT molecular complexity index is 504. The van der Waals surface area contributed by atoms with E-state index in [0.717, 1.165) is 13.0 Å². The highest BCUT2D eigenvalue weighted by atomic mass is 14.9. The van der Waals surface area contributed by atoms with Crippen LogP contribution in [0.2, 0.25) is 0 Å². The molecule has 0 spiro atoms. The molecule has 2 rings (SSSR count). The molecular weight excluding hydrogens is 242 g/mol. The maximum absolute atomic E-state index is 3.63. The van der Waals surface area contributed by atoms with Gasteiger partial charge in [0.25, 0.3) is 0 Å². The van der Waals surface area contributed by atoms with E-state index in [2.05, 4.69) is 73.8 Å². The SMILES string of the molecule is CCNC(CCCc1ccccc1)c1ccccc1C. The predicted molar refractivity (Wildman–Crippen MR) is 87.0 cm³/mol. The average Bonchev–Trinajstić information content (AvgIpc) is 2.48. The third kappa shape index (κ3) is 4.21. The van der Waals surface area contributed by atoms with E-state index in [1.54, 1.807) is 0 Å². The second kappa shape index (κ2) is 7.86. The van der Waals surface area contributed by atoms with Crippen molar-refractivity contribution in [2.75, 3.05) is 6.54 Å². The quantitative estimate of drug-likeness (QED) is 0.768. The van der Waals surface area contributed by atoms with Crippen LogP contribution in [0.15, 0.2) is 54.6 Å². The highest BCUT2D eigenvalue weighted by molar-refractivity contribution is 5.28. The zero-order valence-corrected chi connectivity index (χ0v) is 12.6. The lowest BCUT2D eigenvalue weighted by Gasteiger charge is -2.20. The second-order valence-corrected chi connectivity index (χ2v) is 5.34. The van der Waals surface area contributed by atoms with Gasteiger partial charge in [0.15, 0.2) is 0 Å². The van der Waals surface area contributed by atoms with Gasteiger partial charge in [0.1, 0.15) is 0 Å². The lowest BCUT2D eigenvalue weighted by atomic mass is 9.95. The summed E-state index contributed by atoms with van der Waals surface area (Å²) in [6, 6.07) is 20.0. The van der Waals surface area contributed by atoms with Gasteiger partial charge >= 0.3 is 0 Å². The first-order valence-electron chi connectivity index (χ1n) is 7.64. The number of rotatable bonds is 7. The largest absolute Gasteiger partial charge is 0.310 e. The zero-order valence-electron chi connectivity index (χ0n) is 12.6. The van der Waals surface area contributed by atoms with E-state index in [0.29, 0.717) is 6.04 Å². The summed E-state index contributed by atoms with van der Waals surface area (Å²) in [6.07, 6.45) is 3.57. The van der Waals surface area contributed by atoms with Crippen LogP contribution in [0.5, 0.6) is 0 Å². The number of hydrogen-bond donors (Lipinski definition) is 1. The third-order valence-corrected chi connectivity index (χ3v) is 3.82. The molecule has 0 heterocycles. The molecule has 1 atom stereocenters. The Balaban J connectivity index is 1.95. The lowest BCUT2D eigenvalue weighted by Crippen LogP contribution is -2.21. The number of hydrogen-bond acceptors (Lipinski definition) is 1. The Hall–Kier alpha value is -1.60. The van der Waals surface area contributed by atoms with Crippen LogP contribution < -0.4 is 5.32 Å². The molecule has 0 aliphatic heterocycles. The summed E-state index contributed by atoms with van der Waals surface area (Å²) in [5.74, 6) is 0. The van der Waals surface area contributed by atoms with Gasteiger partial charge in [-0.25, -0.2) is 0 Å². The van der Waals surface area contributed by atoms with Crippen molar-refractivity contribution in [1.82, 2.24) is 5.32 Å². The summed E-state index contributed by atoms with van der Waals surface area (Å²) >= 11 is 0. The molecule has 0 saturated heterocycles. The van der Waals surface area contributed by atoms with Crippen molar-refractivity contribution in [2.45, 2.75) is 39.2 Å². The molecule has 1 N–H and O–H groups in total. The van der Waals surface area contributed by atoms with Crippen molar-refractivity contribution >= 4 is 0 Å². The standard InChI is InChI=1S/C19H25N/c1-3-20-19(18-14-8-7-10-16(18)2)15-9-13-17-11-5-4-6-12-17/h4-8,10-12,14,19-20H,3,9,13,15H2,1-2H3. The van der Waals surface area contributed by atoms with Gasteiger partial charge in [-0.05, 0) is 49.4 Å². The summed E-state index contributed by atoms with van der Waals surface area (Å²) in [7, 11) is 0. The van der Waals surface area contributed by atoms with Gasteiger partial charge in [-0.1, -0.05) is 61.5 Å². The number of benzene rings is 2. The fourth-order valence-corrected chi connectivity index (χ4v) is 2.75. The van der Waals surface area contributed by atoms with Gasteiger partial charge in [0.05, 0.1) is 0 Å². The number of aryl methyl sites for hydroxylation is 2. The Kier molecular flexibility index (Phi) is 5.82. The normalized spacial score (nSPS) is 12.3. The van der Waals surface area contributed by atoms with Crippen LogP contribution >= 0.6 is 0 Å². The van der Waals surface area contributed by atoms with Gasteiger partial charge in [0, 0.05) is 6.04 Å². The van der Waals surface area contributed by atoms with Crippen molar-refractivity contribution in [2.24, 2.45) is 0 Å². The molecule has 0 fully saturated rings. The maximum atomic E-state index is 3.63. The Morgan fingerprint density at radius 3 is 2.35 bits per heavy atom. The fourth-order valence-electron chi connectivity index (χ4n) is 2.75. The van der Waals surface area contributed by atoms with Crippen LogP contribution in [-0.2, 0) is 6.42 Å². The van der Waals surface area contributed by atoms with E-state index in [-0.39, 0.29) is 0 Å². The maximum Gasteiger partial charge on any atom is 0.0322 e. The summed E-state index contributed by atoms with van der Waals surface area (Å²) in [4.78, 5) is 0. The second-order valence-electron chi connectivity index (χ2n) is 5.34. The van der Waals surface area contributed by atoms with Crippen molar-refractivity contribution in [3.8, 4) is 0 Å². The summed E-state index contributed by atoms with van der Waals surface area (Å²) in [6.45, 7) is 5.41. The van der Waals surface area contributed by atoms with Gasteiger partial charge in [-0.3, -0.25) is 0 Å². The van der Waals surface area contributed by atoms with Crippen molar-refractivity contribution < 1.29 is 0 Å². The molecule has 0 amide bonds. The number of nitrogens with one attached hydrogen (secondary N) is 1. The Labute approximate surface area is 123 Å². The van der Waals surface area contributed by atoms with E-state index >= 15 is 0 Å². The molecule has 0 aromatic heterocycles. The molecule has 106 valence electrons. The van der Waals surface area contributed by atoms with Crippen LogP contribution in [0.4, 0.5) is 0 Å². The van der Waals surface area contributed by atoms with E-state index in [1.807, 2.05) is 0 Å². The molecule has 20 heavy (non-hydrogen) atoms. The minimum absolute atomic E-state index is 0.477. The molecule has 0 aliphatic rings. The molecule has 0 radical (unpaired) electrons. The van der Waals surface area contributed by atoms with Gasteiger partial charge < -0.3 is 5.32 Å². The molecule has 2 aromatic carbocycles. The van der Waals surface area contributed by atoms with Crippen molar-refractivity contribution in [3.05, 3.63) is 71.3 Å². The van der Waals surface area contributed by atoms with E-state index in [4.69, 9.17) is 0 Å². The first kappa shape index (κ1) is 14.8. The molecule has 0 aliphatic carbocycles. The highest BCUT2D eigenvalue weighted by Gasteiger charge is 2.11. The summed E-state index contributed by atoms with van der Waals surface area (Å²) in [5, 5.41) is 3.63. The van der Waals surface area contributed by atoms with Crippen LogP contribution in [0.25, 0.3) is 0 Å². The Morgan fingerprint density at radius 1 is 0.950 bits per heavy atom. The highest BCUT2D eigenvalue weighted by Crippen LogP contribution is 2.22. The van der Waals surface area contributed by atoms with Crippen molar-refractivity contribution in [3.63, 3.8) is 0 Å². The first-order valence-corrected chi connectivity index (χ1v) is 7.64. The lowest BCUT2D eigenvalue weighted by molar-refractivity contribution is 0.496. The summed E-state index contributed by atoms with van der Waals surface area (Å²) in [5.41, 5.74) is 4.27. The van der Waals surface area contributed by atoms with E-state index in [1.165, 1.54) is 29.5 Å². The third-order valence-electron chi connectivity index (χ3n) is 3.82. The molecule has 1 nitrogen and oxygen atoms in total. The van der Waals surface area contributed by atoms with Crippen LogP contribution in [0, 0.1) is 6.92 Å². The monoisotopic (exact) mass is 267 g/mol. The van der Waals surface area contributed by atoms with Crippen LogP contribution in [0.1, 0.15) is 42.5 Å². The first-order chi connectivity index (χ1) is 9.81.